The molecule has 4 rings (SSSR count). The molecule has 1 aromatic heterocycles. The Morgan fingerprint density at radius 2 is 2.00 bits per heavy atom. The third kappa shape index (κ3) is 1.60. The number of aromatic nitrogens is 3. The van der Waals surface area contributed by atoms with Gasteiger partial charge in [0.25, 0.3) is 0 Å². The molecule has 0 saturated carbocycles. The number of nitrogens with zero attached hydrogens (tertiary/aromatic N) is 3. The molecule has 1 aliphatic rings. The van der Waals surface area contributed by atoms with Crippen LogP contribution in [0.15, 0.2) is 48.8 Å². The molecule has 0 amide bonds. The zero-order valence-corrected chi connectivity index (χ0v) is 10.5. The summed E-state index contributed by atoms with van der Waals surface area (Å²) >= 11 is 0. The maximum Gasteiger partial charge on any atom is 0.221 e. The van der Waals surface area contributed by atoms with Crippen LogP contribution < -0.4 is 5.32 Å². The van der Waals surface area contributed by atoms with Crippen molar-refractivity contribution in [2.24, 2.45) is 0 Å². The minimum Gasteiger partial charge on any atom is -0.354 e. The molecule has 94 valence electrons. The second kappa shape index (κ2) is 4.09. The average Bonchev–Trinajstić information content (AvgIpc) is 2.95. The van der Waals surface area contributed by atoms with Crippen LogP contribution in [0.25, 0.3) is 10.8 Å². The molecule has 1 unspecified atom stereocenters. The lowest BCUT2D eigenvalue weighted by Crippen LogP contribution is -2.24. The smallest absolute Gasteiger partial charge is 0.221 e. The van der Waals surface area contributed by atoms with Gasteiger partial charge in [-0.25, -0.2) is 4.68 Å². The van der Waals surface area contributed by atoms with Crippen LogP contribution >= 0.6 is 0 Å². The Morgan fingerprint density at radius 3 is 3.00 bits per heavy atom. The monoisotopic (exact) mass is 250 g/mol. The Morgan fingerprint density at radius 1 is 1.11 bits per heavy atom. The molecule has 0 bridgehead atoms. The quantitative estimate of drug-likeness (QED) is 0.722. The Bertz CT molecular complexity index is 726. The minimum absolute atomic E-state index is 0.268. The highest BCUT2D eigenvalue weighted by molar-refractivity contribution is 5.86. The molecular formula is C15H14N4. The van der Waals surface area contributed by atoms with Crippen molar-refractivity contribution in [1.82, 2.24) is 14.8 Å². The number of fused-ring (bicyclic) bond motifs is 2. The number of hydrogen-bond acceptors (Lipinski definition) is 3. The number of nitrogens with one attached hydrogen (secondary N) is 1. The van der Waals surface area contributed by atoms with Crippen molar-refractivity contribution in [2.75, 3.05) is 11.9 Å². The van der Waals surface area contributed by atoms with Gasteiger partial charge in [-0.1, -0.05) is 42.5 Å². The van der Waals surface area contributed by atoms with Crippen molar-refractivity contribution in [3.8, 4) is 0 Å². The first kappa shape index (κ1) is 10.6. The van der Waals surface area contributed by atoms with E-state index in [1.54, 1.807) is 6.33 Å². The van der Waals surface area contributed by atoms with Gasteiger partial charge in [0.15, 0.2) is 0 Å². The summed E-state index contributed by atoms with van der Waals surface area (Å²) in [6, 6.07) is 15.3. The molecular weight excluding hydrogens is 236 g/mol. The summed E-state index contributed by atoms with van der Waals surface area (Å²) in [5.41, 5.74) is 1.33. The Hall–Kier alpha value is -2.36. The molecule has 0 spiro atoms. The van der Waals surface area contributed by atoms with Gasteiger partial charge in [0, 0.05) is 6.54 Å². The molecule has 4 heteroatoms. The van der Waals surface area contributed by atoms with Gasteiger partial charge in [-0.15, -0.1) is 0 Å². The van der Waals surface area contributed by atoms with E-state index >= 15 is 0 Å². The van der Waals surface area contributed by atoms with Crippen LogP contribution in [0.2, 0.25) is 0 Å². The second-order valence-corrected chi connectivity index (χ2v) is 4.83. The molecule has 19 heavy (non-hydrogen) atoms. The van der Waals surface area contributed by atoms with Crippen molar-refractivity contribution in [3.05, 3.63) is 54.4 Å². The van der Waals surface area contributed by atoms with Crippen molar-refractivity contribution in [3.63, 3.8) is 0 Å². The highest BCUT2D eigenvalue weighted by atomic mass is 15.4. The van der Waals surface area contributed by atoms with Gasteiger partial charge in [-0.2, -0.15) is 10.1 Å². The molecule has 0 radical (unpaired) electrons. The van der Waals surface area contributed by atoms with E-state index in [-0.39, 0.29) is 6.04 Å². The molecule has 0 fully saturated rings. The maximum atomic E-state index is 4.36. The summed E-state index contributed by atoms with van der Waals surface area (Å²) in [6.45, 7) is 0.937. The van der Waals surface area contributed by atoms with E-state index in [1.165, 1.54) is 16.3 Å². The van der Waals surface area contributed by atoms with Crippen LogP contribution in [0, 0.1) is 0 Å². The highest BCUT2D eigenvalue weighted by Crippen LogP contribution is 2.32. The van der Waals surface area contributed by atoms with Crippen LogP contribution in [-0.4, -0.2) is 21.3 Å². The fourth-order valence-electron chi connectivity index (χ4n) is 2.88. The van der Waals surface area contributed by atoms with E-state index in [4.69, 9.17) is 0 Å². The molecule has 1 aliphatic heterocycles. The lowest BCUT2D eigenvalue weighted by atomic mass is 9.96. The zero-order valence-electron chi connectivity index (χ0n) is 10.5. The van der Waals surface area contributed by atoms with E-state index in [0.717, 1.165) is 18.9 Å². The van der Waals surface area contributed by atoms with Crippen LogP contribution in [0.5, 0.6) is 0 Å². The first-order chi connectivity index (χ1) is 9.43. The van der Waals surface area contributed by atoms with Gasteiger partial charge >= 0.3 is 0 Å². The molecule has 0 aliphatic carbocycles. The van der Waals surface area contributed by atoms with Crippen molar-refractivity contribution in [1.29, 1.82) is 0 Å². The number of rotatable bonds is 1. The second-order valence-electron chi connectivity index (χ2n) is 4.83. The van der Waals surface area contributed by atoms with Crippen LogP contribution in [0.1, 0.15) is 18.0 Å². The summed E-state index contributed by atoms with van der Waals surface area (Å²) in [7, 11) is 0. The summed E-state index contributed by atoms with van der Waals surface area (Å²) in [6.07, 6.45) is 2.65. The topological polar surface area (TPSA) is 42.7 Å². The van der Waals surface area contributed by atoms with Gasteiger partial charge in [-0.3, -0.25) is 0 Å². The number of anilines is 1. The Balaban J connectivity index is 1.93. The highest BCUT2D eigenvalue weighted by Gasteiger charge is 2.23. The number of benzene rings is 2. The minimum atomic E-state index is 0.268. The van der Waals surface area contributed by atoms with Crippen molar-refractivity contribution >= 4 is 16.7 Å². The normalized spacial score (nSPS) is 18.0. The molecule has 2 aromatic carbocycles. The summed E-state index contributed by atoms with van der Waals surface area (Å²) < 4.78 is 1.99. The third-order valence-electron chi connectivity index (χ3n) is 3.75. The van der Waals surface area contributed by atoms with Gasteiger partial charge in [0.1, 0.15) is 6.33 Å². The number of hydrogen-bond donors (Lipinski definition) is 1. The molecule has 2 heterocycles. The summed E-state index contributed by atoms with van der Waals surface area (Å²) in [5, 5.41) is 10.2. The van der Waals surface area contributed by atoms with E-state index in [2.05, 4.69) is 57.9 Å². The van der Waals surface area contributed by atoms with Crippen LogP contribution in [0.3, 0.4) is 0 Å². The SMILES string of the molecule is c1ccc2c(C3CCNc4ncnn43)cccc2c1. The standard InChI is InChI=1S/C15H14N4/c1-2-6-12-11(4-1)5-3-7-13(12)14-8-9-16-15-17-10-18-19(14)15/h1-7,10,14H,8-9H2,(H,16,17,18). The average molecular weight is 250 g/mol. The van der Waals surface area contributed by atoms with Crippen LogP contribution in [0.4, 0.5) is 5.95 Å². The molecule has 0 saturated heterocycles. The maximum absolute atomic E-state index is 4.36. The van der Waals surface area contributed by atoms with E-state index < -0.39 is 0 Å². The predicted octanol–water partition coefficient (Wildman–Crippen LogP) is 2.84. The molecule has 4 nitrogen and oxygen atoms in total. The van der Waals surface area contributed by atoms with E-state index in [0.29, 0.717) is 0 Å². The first-order valence-electron chi connectivity index (χ1n) is 6.54. The largest absolute Gasteiger partial charge is 0.354 e. The lowest BCUT2D eigenvalue weighted by molar-refractivity contribution is 0.483. The van der Waals surface area contributed by atoms with Crippen molar-refractivity contribution < 1.29 is 0 Å². The molecule has 1 N–H and O–H groups in total. The third-order valence-corrected chi connectivity index (χ3v) is 3.75. The van der Waals surface area contributed by atoms with Gasteiger partial charge < -0.3 is 5.32 Å². The lowest BCUT2D eigenvalue weighted by Gasteiger charge is -2.25. The predicted molar refractivity (Wildman–Crippen MR) is 75.2 cm³/mol. The van der Waals surface area contributed by atoms with Gasteiger partial charge in [0.05, 0.1) is 6.04 Å². The van der Waals surface area contributed by atoms with E-state index in [9.17, 15) is 0 Å². The Kier molecular flexibility index (Phi) is 2.27. The van der Waals surface area contributed by atoms with Crippen LogP contribution in [-0.2, 0) is 0 Å². The first-order valence-corrected chi connectivity index (χ1v) is 6.54. The summed E-state index contributed by atoms with van der Waals surface area (Å²) in [5.74, 6) is 0.865. The zero-order chi connectivity index (χ0) is 12.7. The van der Waals surface area contributed by atoms with E-state index in [1.807, 2.05) is 4.68 Å². The molecule has 3 aromatic rings. The van der Waals surface area contributed by atoms with Gasteiger partial charge in [0.2, 0.25) is 5.95 Å². The van der Waals surface area contributed by atoms with Crippen molar-refractivity contribution in [2.45, 2.75) is 12.5 Å². The fourth-order valence-corrected chi connectivity index (χ4v) is 2.88. The summed E-state index contributed by atoms with van der Waals surface area (Å²) in [4.78, 5) is 4.25. The molecule has 1 atom stereocenters. The Labute approximate surface area is 111 Å². The van der Waals surface area contributed by atoms with Gasteiger partial charge in [-0.05, 0) is 22.8 Å². The fraction of sp³-hybridized carbons (Fsp3) is 0.200.